The third-order valence-corrected chi connectivity index (χ3v) is 4.34. The van der Waals surface area contributed by atoms with Crippen molar-refractivity contribution in [3.63, 3.8) is 0 Å². The molecule has 1 aliphatic rings. The van der Waals surface area contributed by atoms with Gasteiger partial charge in [0.05, 0.1) is 5.56 Å². The summed E-state index contributed by atoms with van der Waals surface area (Å²) >= 11 is 5.80. The van der Waals surface area contributed by atoms with Gasteiger partial charge in [0.25, 0.3) is 0 Å². The summed E-state index contributed by atoms with van der Waals surface area (Å²) in [6.07, 6.45) is -0.701. The first-order valence-corrected chi connectivity index (χ1v) is 8.24. The zero-order chi connectivity index (χ0) is 18.1. The molecule has 130 valence electrons. The van der Waals surface area contributed by atoms with Crippen LogP contribution in [0, 0.1) is 5.82 Å². The van der Waals surface area contributed by atoms with Gasteiger partial charge in [0, 0.05) is 17.0 Å². The molecule has 4 nitrogen and oxygen atoms in total. The molecule has 0 spiro atoms. The number of fused-ring (bicyclic) bond motifs is 1. The summed E-state index contributed by atoms with van der Waals surface area (Å²) in [7, 11) is 0. The van der Waals surface area contributed by atoms with Crippen LogP contribution in [0.15, 0.2) is 36.4 Å². The Morgan fingerprint density at radius 2 is 1.92 bits per heavy atom. The topological polar surface area (TPSA) is 52.6 Å². The number of ether oxygens (including phenoxy) is 2. The van der Waals surface area contributed by atoms with Crippen molar-refractivity contribution in [2.24, 2.45) is 0 Å². The van der Waals surface area contributed by atoms with Gasteiger partial charge in [-0.2, -0.15) is 0 Å². The number of carbonyl (C=O) groups excluding carboxylic acids is 2. The van der Waals surface area contributed by atoms with E-state index in [0.29, 0.717) is 16.3 Å². The number of benzene rings is 2. The van der Waals surface area contributed by atoms with Crippen molar-refractivity contribution in [2.75, 3.05) is 0 Å². The van der Waals surface area contributed by atoms with E-state index in [9.17, 15) is 14.0 Å². The highest BCUT2D eigenvalue weighted by molar-refractivity contribution is 6.30. The Bertz CT molecular complexity index is 832. The normalized spacial score (nSPS) is 17.1. The maximum absolute atomic E-state index is 14.0. The Balaban J connectivity index is 1.77. The van der Waals surface area contributed by atoms with Crippen molar-refractivity contribution in [3.05, 3.63) is 58.4 Å². The summed E-state index contributed by atoms with van der Waals surface area (Å²) < 4.78 is 24.8. The fraction of sp³-hybridized carbons (Fsp3) is 0.263. The monoisotopic (exact) mass is 362 g/mol. The van der Waals surface area contributed by atoms with Crippen LogP contribution in [0.25, 0.3) is 0 Å². The van der Waals surface area contributed by atoms with Gasteiger partial charge in [0.15, 0.2) is 11.9 Å². The van der Waals surface area contributed by atoms with Gasteiger partial charge in [-0.3, -0.25) is 4.79 Å². The molecular formula is C19H16ClFO4. The van der Waals surface area contributed by atoms with Crippen LogP contribution in [-0.4, -0.2) is 17.9 Å². The van der Waals surface area contributed by atoms with E-state index in [-0.39, 0.29) is 29.4 Å². The second-order valence-corrected chi connectivity index (χ2v) is 6.43. The van der Waals surface area contributed by atoms with Gasteiger partial charge in [0.1, 0.15) is 17.3 Å². The lowest BCUT2D eigenvalue weighted by Crippen LogP contribution is -2.29. The van der Waals surface area contributed by atoms with Crippen LogP contribution in [0.5, 0.6) is 11.5 Å². The van der Waals surface area contributed by atoms with E-state index in [1.807, 2.05) is 0 Å². The first-order valence-electron chi connectivity index (χ1n) is 7.86. The fourth-order valence-electron chi connectivity index (χ4n) is 2.87. The van der Waals surface area contributed by atoms with Crippen LogP contribution in [-0.2, 0) is 4.79 Å². The highest BCUT2D eigenvalue weighted by Crippen LogP contribution is 2.39. The molecule has 0 N–H and O–H groups in total. The smallest absolute Gasteiger partial charge is 0.352 e. The summed E-state index contributed by atoms with van der Waals surface area (Å²) in [4.78, 5) is 24.4. The summed E-state index contributed by atoms with van der Waals surface area (Å²) in [5.74, 6) is -1.06. The number of carbonyl (C=O) groups is 2. The van der Waals surface area contributed by atoms with Crippen LogP contribution in [0.4, 0.5) is 4.39 Å². The minimum atomic E-state index is -0.907. The van der Waals surface area contributed by atoms with Crippen molar-refractivity contribution in [1.82, 2.24) is 0 Å². The number of esters is 1. The largest absolute Gasteiger partial charge is 0.479 e. The molecule has 1 aliphatic carbocycles. The van der Waals surface area contributed by atoms with Crippen molar-refractivity contribution in [3.8, 4) is 11.5 Å². The molecule has 3 rings (SSSR count). The molecule has 0 saturated heterocycles. The molecule has 6 heteroatoms. The number of Topliss-reactive ketones (excluding diaryl/α,β-unsaturated/α-hetero) is 1. The average Bonchev–Trinajstić information content (AvgIpc) is 2.88. The molecule has 0 radical (unpaired) electrons. The highest BCUT2D eigenvalue weighted by Gasteiger charge is 2.33. The number of hydrogen-bond acceptors (Lipinski definition) is 4. The van der Waals surface area contributed by atoms with E-state index < -0.39 is 17.9 Å². The third kappa shape index (κ3) is 3.51. The lowest BCUT2D eigenvalue weighted by Gasteiger charge is -2.15. The first-order chi connectivity index (χ1) is 11.9. The summed E-state index contributed by atoms with van der Waals surface area (Å²) in [5, 5.41) is 0.553. The van der Waals surface area contributed by atoms with Gasteiger partial charge in [0.2, 0.25) is 0 Å². The zero-order valence-corrected chi connectivity index (χ0v) is 14.5. The number of halogens is 2. The van der Waals surface area contributed by atoms with E-state index in [0.717, 1.165) is 0 Å². The molecule has 0 bridgehead atoms. The first kappa shape index (κ1) is 17.4. The molecule has 0 heterocycles. The van der Waals surface area contributed by atoms with Gasteiger partial charge >= 0.3 is 5.97 Å². The molecule has 0 aromatic heterocycles. The average molecular weight is 363 g/mol. The van der Waals surface area contributed by atoms with E-state index in [1.165, 1.54) is 19.1 Å². The van der Waals surface area contributed by atoms with Crippen molar-refractivity contribution in [1.29, 1.82) is 0 Å². The van der Waals surface area contributed by atoms with E-state index in [1.54, 1.807) is 31.2 Å². The Hall–Kier alpha value is -2.40. The van der Waals surface area contributed by atoms with E-state index >= 15 is 0 Å². The van der Waals surface area contributed by atoms with E-state index in [2.05, 4.69) is 0 Å². The minimum Gasteiger partial charge on any atom is -0.479 e. The second-order valence-electron chi connectivity index (χ2n) is 6.00. The van der Waals surface area contributed by atoms with Crippen LogP contribution >= 0.6 is 11.6 Å². The molecule has 25 heavy (non-hydrogen) atoms. The van der Waals surface area contributed by atoms with Crippen molar-refractivity contribution >= 4 is 23.4 Å². The summed E-state index contributed by atoms with van der Waals surface area (Å²) in [5.41, 5.74) is 0.459. The van der Waals surface area contributed by atoms with Gasteiger partial charge in [-0.25, -0.2) is 9.18 Å². The van der Waals surface area contributed by atoms with Crippen LogP contribution in [0.2, 0.25) is 5.02 Å². The highest BCUT2D eigenvalue weighted by atomic mass is 35.5. The minimum absolute atomic E-state index is 0.0716. The molecule has 0 aliphatic heterocycles. The predicted molar refractivity (Wildman–Crippen MR) is 90.9 cm³/mol. The molecule has 2 atom stereocenters. The van der Waals surface area contributed by atoms with Gasteiger partial charge in [-0.1, -0.05) is 18.5 Å². The molecule has 2 aromatic rings. The number of ketones is 1. The molecule has 0 saturated carbocycles. The fourth-order valence-corrected chi connectivity index (χ4v) is 2.99. The molecule has 2 aromatic carbocycles. The molecule has 2 unspecified atom stereocenters. The number of rotatable bonds is 4. The van der Waals surface area contributed by atoms with Gasteiger partial charge < -0.3 is 9.47 Å². The Labute approximate surface area is 149 Å². The van der Waals surface area contributed by atoms with Gasteiger partial charge in [-0.15, -0.1) is 0 Å². The third-order valence-electron chi connectivity index (χ3n) is 4.09. The van der Waals surface area contributed by atoms with Gasteiger partial charge in [-0.05, 0) is 49.2 Å². The van der Waals surface area contributed by atoms with Crippen LogP contribution in [0.3, 0.4) is 0 Å². The molecule has 0 fully saturated rings. The molecular weight excluding hydrogens is 347 g/mol. The Morgan fingerprint density at radius 1 is 1.24 bits per heavy atom. The predicted octanol–water partition coefficient (Wildman–Crippen LogP) is 4.54. The maximum atomic E-state index is 14.0. The van der Waals surface area contributed by atoms with E-state index in [4.69, 9.17) is 21.1 Å². The van der Waals surface area contributed by atoms with Crippen LogP contribution < -0.4 is 9.47 Å². The van der Waals surface area contributed by atoms with Crippen molar-refractivity contribution < 1.29 is 23.5 Å². The lowest BCUT2D eigenvalue weighted by molar-refractivity contribution is -0.141. The standard InChI is InChI=1S/C19H16ClFO4/c1-10-9-15(22)18-16(8-7-14(21)17(10)18)25-19(23)11(2)24-13-5-3-12(20)4-6-13/h3-8,10-11H,9H2,1-2H3. The van der Waals surface area contributed by atoms with Crippen LogP contribution in [0.1, 0.15) is 42.1 Å². The number of hydrogen-bond donors (Lipinski definition) is 0. The Kier molecular flexibility index (Phi) is 4.77. The summed E-state index contributed by atoms with van der Waals surface area (Å²) in [6.45, 7) is 3.30. The molecule has 0 amide bonds. The van der Waals surface area contributed by atoms with Crippen molar-refractivity contribution in [2.45, 2.75) is 32.3 Å². The maximum Gasteiger partial charge on any atom is 0.352 e. The lowest BCUT2D eigenvalue weighted by atomic mass is 10.0. The zero-order valence-electron chi connectivity index (χ0n) is 13.7. The summed E-state index contributed by atoms with van der Waals surface area (Å²) in [6, 6.07) is 9.06. The quantitative estimate of drug-likeness (QED) is 0.591. The Morgan fingerprint density at radius 3 is 2.60 bits per heavy atom. The second kappa shape index (κ2) is 6.84. The SMILES string of the molecule is CC(Oc1ccc(Cl)cc1)C(=O)Oc1ccc(F)c2c1C(=O)CC2C.